The van der Waals surface area contributed by atoms with Gasteiger partial charge in [0.1, 0.15) is 5.75 Å². The van der Waals surface area contributed by atoms with Gasteiger partial charge in [0.25, 0.3) is 5.91 Å². The number of nitrogens with one attached hydrogen (secondary N) is 1. The molecule has 0 heterocycles. The van der Waals surface area contributed by atoms with Crippen LogP contribution in [0.2, 0.25) is 5.02 Å². The number of aryl methyl sites for hydroxylation is 2. The van der Waals surface area contributed by atoms with Gasteiger partial charge < -0.3 is 15.2 Å². The van der Waals surface area contributed by atoms with Crippen LogP contribution in [0.5, 0.6) is 5.75 Å². The predicted octanol–water partition coefficient (Wildman–Crippen LogP) is 3.98. The fraction of sp³-hybridized carbons (Fsp3) is 0.316. The van der Waals surface area contributed by atoms with Crippen LogP contribution >= 0.6 is 11.6 Å². The van der Waals surface area contributed by atoms with Crippen molar-refractivity contribution in [3.8, 4) is 5.75 Å². The molecule has 2 aromatic rings. The predicted molar refractivity (Wildman–Crippen MR) is 96.8 cm³/mol. The van der Waals surface area contributed by atoms with E-state index in [1.54, 1.807) is 25.1 Å². The van der Waals surface area contributed by atoms with Crippen LogP contribution in [0.4, 0.5) is 5.69 Å². The molecule has 0 bridgehead atoms. The zero-order valence-corrected chi connectivity index (χ0v) is 14.6. The van der Waals surface area contributed by atoms with Gasteiger partial charge in [-0.2, -0.15) is 0 Å². The molecule has 2 N–H and O–H groups in total. The summed E-state index contributed by atoms with van der Waals surface area (Å²) in [6, 6.07) is 12.8. The van der Waals surface area contributed by atoms with Crippen LogP contribution in [0, 0.1) is 6.92 Å². The van der Waals surface area contributed by atoms with Gasteiger partial charge in [-0.25, -0.2) is 0 Å². The minimum atomic E-state index is -0.305. The van der Waals surface area contributed by atoms with Gasteiger partial charge in [-0.3, -0.25) is 4.79 Å². The van der Waals surface area contributed by atoms with Crippen molar-refractivity contribution >= 4 is 23.2 Å². The number of ether oxygens (including phenoxy) is 1. The maximum Gasteiger partial charge on any atom is 0.262 e. The molecule has 0 aliphatic carbocycles. The van der Waals surface area contributed by atoms with Gasteiger partial charge >= 0.3 is 0 Å². The van der Waals surface area contributed by atoms with Crippen molar-refractivity contribution in [3.05, 3.63) is 58.6 Å². The second-order valence-electron chi connectivity index (χ2n) is 5.83. The van der Waals surface area contributed by atoms with Crippen molar-refractivity contribution in [2.75, 3.05) is 11.9 Å². The lowest BCUT2D eigenvalue weighted by molar-refractivity contribution is -0.118. The molecule has 0 fully saturated rings. The number of aliphatic hydroxyl groups is 1. The Labute approximate surface area is 147 Å². The first-order chi connectivity index (χ1) is 11.4. The highest BCUT2D eigenvalue weighted by Gasteiger charge is 2.06. The third-order valence-electron chi connectivity index (χ3n) is 3.61. The van der Waals surface area contributed by atoms with Gasteiger partial charge in [0.05, 0.1) is 6.10 Å². The summed E-state index contributed by atoms with van der Waals surface area (Å²) in [4.78, 5) is 12.0. The average molecular weight is 348 g/mol. The maximum atomic E-state index is 12.0. The highest BCUT2D eigenvalue weighted by atomic mass is 35.5. The molecule has 2 rings (SSSR count). The number of carbonyl (C=O) groups excluding carboxylic acids is 1. The van der Waals surface area contributed by atoms with Gasteiger partial charge in [0, 0.05) is 10.7 Å². The number of aliphatic hydroxyl groups excluding tert-OH is 1. The number of carbonyl (C=O) groups is 1. The molecular weight excluding hydrogens is 326 g/mol. The van der Waals surface area contributed by atoms with Gasteiger partial charge in [-0.15, -0.1) is 0 Å². The largest absolute Gasteiger partial charge is 0.484 e. The first kappa shape index (κ1) is 18.3. The molecule has 24 heavy (non-hydrogen) atoms. The number of benzene rings is 2. The summed E-state index contributed by atoms with van der Waals surface area (Å²) in [5, 5.41) is 12.7. The van der Waals surface area contributed by atoms with E-state index in [0.717, 1.165) is 29.7 Å². The Kier molecular flexibility index (Phi) is 6.64. The van der Waals surface area contributed by atoms with Crippen molar-refractivity contribution in [2.24, 2.45) is 0 Å². The molecule has 1 amide bonds. The molecule has 1 atom stereocenters. The summed E-state index contributed by atoms with van der Waals surface area (Å²) in [5.41, 5.74) is 2.75. The fourth-order valence-corrected chi connectivity index (χ4v) is 2.46. The van der Waals surface area contributed by atoms with Crippen LogP contribution in [-0.4, -0.2) is 23.7 Å². The molecule has 0 saturated carbocycles. The number of hydrogen-bond acceptors (Lipinski definition) is 3. The first-order valence-corrected chi connectivity index (χ1v) is 8.27. The van der Waals surface area contributed by atoms with Gasteiger partial charge in [0.15, 0.2) is 6.61 Å². The minimum absolute atomic E-state index is 0.0604. The van der Waals surface area contributed by atoms with Crippen LogP contribution in [-0.2, 0) is 11.2 Å². The summed E-state index contributed by atoms with van der Waals surface area (Å²) in [6.07, 6.45) is 1.23. The second-order valence-corrected chi connectivity index (χ2v) is 6.26. The molecule has 0 aromatic heterocycles. The molecule has 128 valence electrons. The highest BCUT2D eigenvalue weighted by Crippen LogP contribution is 2.19. The minimum Gasteiger partial charge on any atom is -0.484 e. The smallest absolute Gasteiger partial charge is 0.262 e. The Morgan fingerprint density at radius 2 is 1.96 bits per heavy atom. The summed E-state index contributed by atoms with van der Waals surface area (Å²) in [7, 11) is 0. The van der Waals surface area contributed by atoms with E-state index in [-0.39, 0.29) is 18.6 Å². The molecule has 0 unspecified atom stereocenters. The zero-order chi connectivity index (χ0) is 17.5. The topological polar surface area (TPSA) is 58.6 Å². The van der Waals surface area contributed by atoms with Crippen molar-refractivity contribution in [1.82, 2.24) is 0 Å². The summed E-state index contributed by atoms with van der Waals surface area (Å²) >= 11 is 5.90. The fourth-order valence-electron chi connectivity index (χ4n) is 2.23. The van der Waals surface area contributed by atoms with E-state index in [1.165, 1.54) is 0 Å². The SMILES string of the molecule is Cc1cc(Cl)ccc1NC(=O)COc1ccc(CC[C@@H](C)O)cc1. The van der Waals surface area contributed by atoms with Crippen LogP contribution < -0.4 is 10.1 Å². The molecule has 2 aromatic carbocycles. The van der Waals surface area contributed by atoms with Crippen LogP contribution in [0.25, 0.3) is 0 Å². The normalized spacial score (nSPS) is 11.8. The van der Waals surface area contributed by atoms with E-state index in [4.69, 9.17) is 16.3 Å². The monoisotopic (exact) mass is 347 g/mol. The van der Waals surface area contributed by atoms with E-state index < -0.39 is 0 Å². The van der Waals surface area contributed by atoms with E-state index in [2.05, 4.69) is 5.32 Å². The van der Waals surface area contributed by atoms with Gasteiger partial charge in [-0.1, -0.05) is 23.7 Å². The average Bonchev–Trinajstić information content (AvgIpc) is 2.54. The number of anilines is 1. The first-order valence-electron chi connectivity index (χ1n) is 7.90. The second kappa shape index (κ2) is 8.71. The Morgan fingerprint density at radius 1 is 1.25 bits per heavy atom. The lowest BCUT2D eigenvalue weighted by Crippen LogP contribution is -2.20. The van der Waals surface area contributed by atoms with Crippen LogP contribution in [0.3, 0.4) is 0 Å². The molecule has 0 aliphatic rings. The standard InChI is InChI=1S/C19H22ClNO3/c1-13-11-16(20)7-10-18(13)21-19(23)12-24-17-8-5-15(6-9-17)4-3-14(2)22/h5-11,14,22H,3-4,12H2,1-2H3,(H,21,23)/t14-/m1/s1. The molecule has 0 spiro atoms. The highest BCUT2D eigenvalue weighted by molar-refractivity contribution is 6.30. The third kappa shape index (κ3) is 5.87. The Morgan fingerprint density at radius 3 is 2.58 bits per heavy atom. The Hall–Kier alpha value is -2.04. The third-order valence-corrected chi connectivity index (χ3v) is 3.84. The maximum absolute atomic E-state index is 12.0. The molecule has 4 nitrogen and oxygen atoms in total. The van der Waals surface area contributed by atoms with E-state index in [9.17, 15) is 9.90 Å². The lowest BCUT2D eigenvalue weighted by atomic mass is 10.1. The van der Waals surface area contributed by atoms with Crippen molar-refractivity contribution in [1.29, 1.82) is 0 Å². The molecule has 5 heteroatoms. The number of halogens is 1. The Bertz CT molecular complexity index is 684. The zero-order valence-electron chi connectivity index (χ0n) is 13.9. The van der Waals surface area contributed by atoms with E-state index in [0.29, 0.717) is 10.8 Å². The molecular formula is C19H22ClNO3. The van der Waals surface area contributed by atoms with Crippen molar-refractivity contribution < 1.29 is 14.6 Å². The van der Waals surface area contributed by atoms with E-state index >= 15 is 0 Å². The van der Waals surface area contributed by atoms with Crippen LogP contribution in [0.15, 0.2) is 42.5 Å². The summed E-state index contributed by atoms with van der Waals surface area (Å²) in [5.74, 6) is 0.414. The van der Waals surface area contributed by atoms with Gasteiger partial charge in [-0.05, 0) is 68.1 Å². The van der Waals surface area contributed by atoms with Crippen LogP contribution in [0.1, 0.15) is 24.5 Å². The lowest BCUT2D eigenvalue weighted by Gasteiger charge is -2.10. The van der Waals surface area contributed by atoms with Crippen molar-refractivity contribution in [3.63, 3.8) is 0 Å². The van der Waals surface area contributed by atoms with Crippen molar-refractivity contribution in [2.45, 2.75) is 32.8 Å². The molecule has 0 aliphatic heterocycles. The quantitative estimate of drug-likeness (QED) is 0.796. The summed E-state index contributed by atoms with van der Waals surface area (Å²) in [6.45, 7) is 3.60. The number of hydrogen-bond donors (Lipinski definition) is 2. The molecule has 0 saturated heterocycles. The number of amides is 1. The van der Waals surface area contributed by atoms with Gasteiger partial charge in [0.2, 0.25) is 0 Å². The van der Waals surface area contributed by atoms with E-state index in [1.807, 2.05) is 31.2 Å². The molecule has 0 radical (unpaired) electrons. The summed E-state index contributed by atoms with van der Waals surface area (Å²) < 4.78 is 5.50. The Balaban J connectivity index is 1.83. The number of rotatable bonds is 7.